The average molecular weight is 240 g/mol. The Morgan fingerprint density at radius 3 is 2.88 bits per heavy atom. The molecule has 2 heterocycles. The normalized spacial score (nSPS) is 21.9. The molecule has 1 unspecified atom stereocenters. The molecule has 16 heavy (non-hydrogen) atoms. The van der Waals surface area contributed by atoms with Crippen LogP contribution in [0.5, 0.6) is 0 Å². The van der Waals surface area contributed by atoms with E-state index in [2.05, 4.69) is 10.3 Å². The Bertz CT molecular complexity index is 425. The van der Waals surface area contributed by atoms with Gasteiger partial charge in [-0.1, -0.05) is 12.5 Å². The van der Waals surface area contributed by atoms with E-state index in [1.54, 1.807) is 18.2 Å². The van der Waals surface area contributed by atoms with E-state index in [9.17, 15) is 8.42 Å². The molecule has 1 saturated heterocycles. The summed E-state index contributed by atoms with van der Waals surface area (Å²) in [5.74, 6) is 0.157. The van der Waals surface area contributed by atoms with Gasteiger partial charge < -0.3 is 5.32 Å². The Morgan fingerprint density at radius 1 is 1.38 bits per heavy atom. The van der Waals surface area contributed by atoms with Crippen molar-refractivity contribution in [3.63, 3.8) is 0 Å². The molecule has 0 radical (unpaired) electrons. The van der Waals surface area contributed by atoms with Gasteiger partial charge in [0.25, 0.3) is 0 Å². The Kier molecular flexibility index (Phi) is 3.56. The summed E-state index contributed by atoms with van der Waals surface area (Å²) < 4.78 is 24.0. The first kappa shape index (κ1) is 11.5. The maximum Gasteiger partial charge on any atom is 0.197 e. The number of hydrogen-bond donors (Lipinski definition) is 1. The van der Waals surface area contributed by atoms with E-state index < -0.39 is 9.84 Å². The first-order chi connectivity index (χ1) is 7.68. The lowest BCUT2D eigenvalue weighted by molar-refractivity contribution is 0.423. The number of sulfone groups is 1. The number of nitrogens with one attached hydrogen (secondary N) is 1. The largest absolute Gasteiger partial charge is 0.313 e. The molecule has 1 aromatic rings. The minimum Gasteiger partial charge on any atom is -0.313 e. The second-order valence-corrected chi connectivity index (χ2v) is 6.08. The molecule has 88 valence electrons. The molecule has 1 atom stereocenters. The predicted octanol–water partition coefficient (Wildman–Crippen LogP) is 0.997. The van der Waals surface area contributed by atoms with E-state index in [1.807, 2.05) is 0 Å². The zero-order valence-electron chi connectivity index (χ0n) is 9.09. The Hall–Kier alpha value is -0.940. The standard InChI is InChI=1S/C11H16N2O2S/c14-16(15,11-6-2-4-8-13-11)9-10-5-1-3-7-12-10/h2,4,6,8,10,12H,1,3,5,7,9H2. The van der Waals surface area contributed by atoms with Crippen LogP contribution in [0, 0.1) is 0 Å². The molecule has 0 aromatic carbocycles. The highest BCUT2D eigenvalue weighted by molar-refractivity contribution is 7.91. The maximum absolute atomic E-state index is 12.0. The van der Waals surface area contributed by atoms with Gasteiger partial charge in [-0.15, -0.1) is 0 Å². The fourth-order valence-corrected chi connectivity index (χ4v) is 3.44. The van der Waals surface area contributed by atoms with Crippen LogP contribution in [-0.2, 0) is 9.84 Å². The van der Waals surface area contributed by atoms with E-state index >= 15 is 0 Å². The highest BCUT2D eigenvalue weighted by Gasteiger charge is 2.23. The number of pyridine rings is 1. The molecule has 5 heteroatoms. The summed E-state index contributed by atoms with van der Waals surface area (Å²) in [7, 11) is -3.23. The van der Waals surface area contributed by atoms with Crippen LogP contribution in [0.25, 0.3) is 0 Å². The van der Waals surface area contributed by atoms with E-state index in [0.29, 0.717) is 0 Å². The van der Waals surface area contributed by atoms with Gasteiger partial charge in [0.05, 0.1) is 5.75 Å². The molecule has 1 N–H and O–H groups in total. The van der Waals surface area contributed by atoms with Crippen molar-refractivity contribution in [1.29, 1.82) is 0 Å². The number of rotatable bonds is 3. The molecule has 0 saturated carbocycles. The fourth-order valence-electron chi connectivity index (χ4n) is 1.95. The molecule has 1 aromatic heterocycles. The first-order valence-corrected chi connectivity index (χ1v) is 7.21. The molecule has 0 amide bonds. The van der Waals surface area contributed by atoms with Gasteiger partial charge >= 0.3 is 0 Å². The number of nitrogens with zero attached hydrogens (tertiary/aromatic N) is 1. The van der Waals surface area contributed by atoms with Crippen LogP contribution in [0.3, 0.4) is 0 Å². The lowest BCUT2D eigenvalue weighted by atomic mass is 10.1. The van der Waals surface area contributed by atoms with Gasteiger partial charge in [0.2, 0.25) is 0 Å². The lowest BCUT2D eigenvalue weighted by Crippen LogP contribution is -2.39. The highest BCUT2D eigenvalue weighted by Crippen LogP contribution is 2.13. The van der Waals surface area contributed by atoms with Crippen molar-refractivity contribution in [2.75, 3.05) is 12.3 Å². The van der Waals surface area contributed by atoms with Gasteiger partial charge in [-0.2, -0.15) is 0 Å². The van der Waals surface area contributed by atoms with Gasteiger partial charge in [0.1, 0.15) is 0 Å². The van der Waals surface area contributed by atoms with Crippen molar-refractivity contribution in [1.82, 2.24) is 10.3 Å². The van der Waals surface area contributed by atoms with Crippen LogP contribution >= 0.6 is 0 Å². The van der Waals surface area contributed by atoms with Gasteiger partial charge in [0.15, 0.2) is 14.9 Å². The molecule has 0 bridgehead atoms. The zero-order chi connectivity index (χ0) is 11.4. The van der Waals surface area contributed by atoms with E-state index in [4.69, 9.17) is 0 Å². The van der Waals surface area contributed by atoms with Crippen LogP contribution in [0.4, 0.5) is 0 Å². The van der Waals surface area contributed by atoms with Crippen LogP contribution in [-0.4, -0.2) is 31.7 Å². The van der Waals surface area contributed by atoms with Crippen LogP contribution in [0.15, 0.2) is 29.4 Å². The van der Waals surface area contributed by atoms with Crippen molar-refractivity contribution >= 4 is 9.84 Å². The summed E-state index contributed by atoms with van der Waals surface area (Å²) in [6.45, 7) is 0.919. The summed E-state index contributed by atoms with van der Waals surface area (Å²) in [6, 6.07) is 5.06. The topological polar surface area (TPSA) is 59.1 Å². The van der Waals surface area contributed by atoms with E-state index in [1.165, 1.54) is 6.20 Å². The summed E-state index contributed by atoms with van der Waals surface area (Å²) >= 11 is 0. The van der Waals surface area contributed by atoms with E-state index in [0.717, 1.165) is 25.8 Å². The van der Waals surface area contributed by atoms with Gasteiger partial charge in [0, 0.05) is 12.2 Å². The smallest absolute Gasteiger partial charge is 0.197 e. The number of aromatic nitrogens is 1. The Morgan fingerprint density at radius 2 is 2.25 bits per heavy atom. The Balaban J connectivity index is 2.08. The van der Waals surface area contributed by atoms with Crippen LogP contribution in [0.2, 0.25) is 0 Å². The fraction of sp³-hybridized carbons (Fsp3) is 0.545. The molecule has 1 aliphatic heterocycles. The lowest BCUT2D eigenvalue weighted by Gasteiger charge is -2.22. The average Bonchev–Trinajstić information content (AvgIpc) is 2.31. The molecular formula is C11H16N2O2S. The summed E-state index contributed by atoms with van der Waals surface area (Å²) in [5, 5.41) is 3.42. The van der Waals surface area contributed by atoms with Crippen molar-refractivity contribution in [2.24, 2.45) is 0 Å². The molecule has 4 nitrogen and oxygen atoms in total. The highest BCUT2D eigenvalue weighted by atomic mass is 32.2. The van der Waals surface area contributed by atoms with Crippen molar-refractivity contribution in [2.45, 2.75) is 30.3 Å². The maximum atomic E-state index is 12.0. The third-order valence-electron chi connectivity index (χ3n) is 2.79. The summed E-state index contributed by atoms with van der Waals surface area (Å²) in [5.41, 5.74) is 0. The number of hydrogen-bond acceptors (Lipinski definition) is 4. The monoisotopic (exact) mass is 240 g/mol. The first-order valence-electron chi connectivity index (χ1n) is 5.56. The number of piperidine rings is 1. The summed E-state index contributed by atoms with van der Waals surface area (Å²) in [4.78, 5) is 3.90. The molecule has 2 rings (SSSR count). The predicted molar refractivity (Wildman–Crippen MR) is 61.9 cm³/mol. The molecular weight excluding hydrogens is 224 g/mol. The second-order valence-electron chi connectivity index (χ2n) is 4.10. The molecule has 0 spiro atoms. The Labute approximate surface area is 96.0 Å². The second kappa shape index (κ2) is 4.93. The van der Waals surface area contributed by atoms with Gasteiger partial charge in [-0.3, -0.25) is 0 Å². The minimum atomic E-state index is -3.23. The third-order valence-corrected chi connectivity index (χ3v) is 4.51. The van der Waals surface area contributed by atoms with Crippen LogP contribution in [0.1, 0.15) is 19.3 Å². The molecule has 1 fully saturated rings. The third kappa shape index (κ3) is 2.80. The molecule has 0 aliphatic carbocycles. The van der Waals surface area contributed by atoms with Crippen molar-refractivity contribution in [3.05, 3.63) is 24.4 Å². The van der Waals surface area contributed by atoms with Gasteiger partial charge in [-0.05, 0) is 31.5 Å². The quantitative estimate of drug-likeness (QED) is 0.856. The minimum absolute atomic E-state index is 0.0840. The summed E-state index contributed by atoms with van der Waals surface area (Å²) in [6.07, 6.45) is 4.70. The molecule has 1 aliphatic rings. The SMILES string of the molecule is O=S(=O)(CC1CCCCN1)c1ccccn1. The zero-order valence-corrected chi connectivity index (χ0v) is 9.91. The van der Waals surface area contributed by atoms with Crippen LogP contribution < -0.4 is 5.32 Å². The van der Waals surface area contributed by atoms with Crippen molar-refractivity contribution < 1.29 is 8.42 Å². The van der Waals surface area contributed by atoms with Crippen molar-refractivity contribution in [3.8, 4) is 0 Å². The van der Waals surface area contributed by atoms with Gasteiger partial charge in [-0.25, -0.2) is 13.4 Å². The van der Waals surface area contributed by atoms with E-state index in [-0.39, 0.29) is 16.8 Å².